The van der Waals surface area contributed by atoms with Crippen LogP contribution in [0.5, 0.6) is 0 Å². The van der Waals surface area contributed by atoms with Crippen molar-refractivity contribution < 1.29 is 9.59 Å². The van der Waals surface area contributed by atoms with E-state index in [1.807, 2.05) is 36.9 Å². The summed E-state index contributed by atoms with van der Waals surface area (Å²) in [6.45, 7) is 4.54. The molecule has 96 valence electrons. The van der Waals surface area contributed by atoms with Crippen LogP contribution in [0.1, 0.15) is 49.0 Å². The van der Waals surface area contributed by atoms with Crippen molar-refractivity contribution in [2.45, 2.75) is 39.5 Å². The van der Waals surface area contributed by atoms with Gasteiger partial charge in [-0.3, -0.25) is 9.59 Å². The van der Waals surface area contributed by atoms with Gasteiger partial charge in [-0.1, -0.05) is 13.8 Å². The Morgan fingerprint density at radius 2 is 2.00 bits per heavy atom. The number of ketones is 1. The van der Waals surface area contributed by atoms with E-state index in [-0.39, 0.29) is 11.7 Å². The number of amides is 1. The van der Waals surface area contributed by atoms with Gasteiger partial charge in [-0.2, -0.15) is 0 Å². The van der Waals surface area contributed by atoms with Gasteiger partial charge in [0.25, 0.3) is 0 Å². The molecular formula is C15H19NO2. The molecule has 0 fully saturated rings. The zero-order valence-electron chi connectivity index (χ0n) is 11.0. The van der Waals surface area contributed by atoms with Crippen molar-refractivity contribution in [1.29, 1.82) is 0 Å². The number of aryl methyl sites for hydroxylation is 1. The van der Waals surface area contributed by atoms with E-state index in [1.165, 1.54) is 0 Å². The average Bonchev–Trinajstić information content (AvgIpc) is 2.44. The number of carbonyl (C=O) groups excluding carboxylic acids is 2. The number of anilines is 1. The van der Waals surface area contributed by atoms with Crippen molar-refractivity contribution in [2.75, 3.05) is 11.4 Å². The SMILES string of the molecule is CCC(=O)c1ccc2c(c1)CCCN2C(=O)CC. The summed E-state index contributed by atoms with van der Waals surface area (Å²) in [7, 11) is 0. The molecule has 1 amide bonds. The van der Waals surface area contributed by atoms with Gasteiger partial charge in [-0.15, -0.1) is 0 Å². The van der Waals surface area contributed by atoms with Gasteiger partial charge >= 0.3 is 0 Å². The standard InChI is InChI=1S/C15H19NO2/c1-3-14(17)12-7-8-13-11(10-12)6-5-9-16(13)15(18)4-2/h7-8,10H,3-6,9H2,1-2H3. The van der Waals surface area contributed by atoms with Gasteiger partial charge in [0, 0.05) is 30.6 Å². The molecule has 0 aromatic heterocycles. The second-order valence-corrected chi connectivity index (χ2v) is 4.62. The maximum atomic E-state index is 11.9. The number of benzene rings is 1. The molecule has 0 aliphatic carbocycles. The molecule has 1 heterocycles. The van der Waals surface area contributed by atoms with Gasteiger partial charge in [0.2, 0.25) is 5.91 Å². The van der Waals surface area contributed by atoms with Crippen LogP contribution >= 0.6 is 0 Å². The molecule has 1 aromatic rings. The molecule has 0 N–H and O–H groups in total. The number of Topliss-reactive ketones (excluding diaryl/α,β-unsaturated/α-hetero) is 1. The molecule has 0 bridgehead atoms. The summed E-state index contributed by atoms with van der Waals surface area (Å²) in [6, 6.07) is 5.72. The lowest BCUT2D eigenvalue weighted by Crippen LogP contribution is -2.34. The second-order valence-electron chi connectivity index (χ2n) is 4.62. The Kier molecular flexibility index (Phi) is 3.80. The Balaban J connectivity index is 2.36. The third-order valence-electron chi connectivity index (χ3n) is 3.44. The average molecular weight is 245 g/mol. The Labute approximate surface area is 108 Å². The van der Waals surface area contributed by atoms with E-state index in [0.717, 1.165) is 36.2 Å². The number of nitrogens with zero attached hydrogens (tertiary/aromatic N) is 1. The highest BCUT2D eigenvalue weighted by Gasteiger charge is 2.21. The number of carbonyl (C=O) groups is 2. The zero-order valence-corrected chi connectivity index (χ0v) is 11.0. The van der Waals surface area contributed by atoms with E-state index in [0.29, 0.717) is 12.8 Å². The summed E-state index contributed by atoms with van der Waals surface area (Å²) in [4.78, 5) is 25.4. The largest absolute Gasteiger partial charge is 0.312 e. The minimum absolute atomic E-state index is 0.158. The van der Waals surface area contributed by atoms with Crippen molar-refractivity contribution in [2.24, 2.45) is 0 Å². The first-order chi connectivity index (χ1) is 8.67. The van der Waals surface area contributed by atoms with Gasteiger partial charge in [-0.05, 0) is 36.6 Å². The van der Waals surface area contributed by atoms with E-state index < -0.39 is 0 Å². The minimum atomic E-state index is 0.158. The molecular weight excluding hydrogens is 226 g/mol. The summed E-state index contributed by atoms with van der Waals surface area (Å²) in [6.07, 6.45) is 2.97. The summed E-state index contributed by atoms with van der Waals surface area (Å²) >= 11 is 0. The van der Waals surface area contributed by atoms with Crippen LogP contribution in [-0.4, -0.2) is 18.2 Å². The molecule has 1 aliphatic heterocycles. The number of rotatable bonds is 3. The quantitative estimate of drug-likeness (QED) is 0.768. The highest BCUT2D eigenvalue weighted by atomic mass is 16.2. The normalized spacial score (nSPS) is 14.2. The first-order valence-corrected chi connectivity index (χ1v) is 6.63. The van der Waals surface area contributed by atoms with Crippen LogP contribution in [0.2, 0.25) is 0 Å². The molecule has 2 rings (SSSR count). The maximum Gasteiger partial charge on any atom is 0.226 e. The zero-order chi connectivity index (χ0) is 13.1. The molecule has 3 nitrogen and oxygen atoms in total. The molecule has 1 aliphatic rings. The molecule has 0 unspecified atom stereocenters. The maximum absolute atomic E-state index is 11.9. The van der Waals surface area contributed by atoms with Gasteiger partial charge in [0.1, 0.15) is 0 Å². The van der Waals surface area contributed by atoms with Crippen LogP contribution < -0.4 is 4.90 Å². The van der Waals surface area contributed by atoms with Gasteiger partial charge in [0.15, 0.2) is 5.78 Å². The molecule has 0 saturated heterocycles. The van der Waals surface area contributed by atoms with Crippen molar-refractivity contribution in [1.82, 2.24) is 0 Å². The summed E-state index contributed by atoms with van der Waals surface area (Å²) in [5.41, 5.74) is 2.88. The molecule has 0 atom stereocenters. The predicted molar refractivity (Wildman–Crippen MR) is 72.0 cm³/mol. The predicted octanol–water partition coefficient (Wildman–Crippen LogP) is 2.97. The Morgan fingerprint density at radius 3 is 2.67 bits per heavy atom. The molecule has 1 aromatic carbocycles. The monoisotopic (exact) mass is 245 g/mol. The number of fused-ring (bicyclic) bond motifs is 1. The summed E-state index contributed by atoms with van der Waals surface area (Å²) in [5.74, 6) is 0.322. The Hall–Kier alpha value is -1.64. The third kappa shape index (κ3) is 2.30. The van der Waals surface area contributed by atoms with E-state index in [2.05, 4.69) is 0 Å². The minimum Gasteiger partial charge on any atom is -0.312 e. The van der Waals surface area contributed by atoms with Gasteiger partial charge in [0.05, 0.1) is 0 Å². The molecule has 0 spiro atoms. The van der Waals surface area contributed by atoms with Crippen molar-refractivity contribution in [3.05, 3.63) is 29.3 Å². The van der Waals surface area contributed by atoms with Crippen LogP contribution in [-0.2, 0) is 11.2 Å². The lowest BCUT2D eigenvalue weighted by molar-refractivity contribution is -0.118. The number of hydrogen-bond acceptors (Lipinski definition) is 2. The first-order valence-electron chi connectivity index (χ1n) is 6.63. The third-order valence-corrected chi connectivity index (χ3v) is 3.44. The van der Waals surface area contributed by atoms with E-state index in [1.54, 1.807) is 0 Å². The summed E-state index contributed by atoms with van der Waals surface area (Å²) in [5, 5.41) is 0. The van der Waals surface area contributed by atoms with Gasteiger partial charge < -0.3 is 4.90 Å². The molecule has 0 saturated carbocycles. The van der Waals surface area contributed by atoms with E-state index in [9.17, 15) is 9.59 Å². The topological polar surface area (TPSA) is 37.4 Å². The fourth-order valence-electron chi connectivity index (χ4n) is 2.42. The van der Waals surface area contributed by atoms with Crippen LogP contribution in [0.3, 0.4) is 0 Å². The van der Waals surface area contributed by atoms with Crippen LogP contribution in [0.4, 0.5) is 5.69 Å². The van der Waals surface area contributed by atoms with E-state index >= 15 is 0 Å². The second kappa shape index (κ2) is 5.34. The van der Waals surface area contributed by atoms with E-state index in [4.69, 9.17) is 0 Å². The molecule has 18 heavy (non-hydrogen) atoms. The highest BCUT2D eigenvalue weighted by Crippen LogP contribution is 2.28. The number of hydrogen-bond donors (Lipinski definition) is 0. The fraction of sp³-hybridized carbons (Fsp3) is 0.467. The highest BCUT2D eigenvalue weighted by molar-refractivity contribution is 5.98. The smallest absolute Gasteiger partial charge is 0.226 e. The lowest BCUT2D eigenvalue weighted by Gasteiger charge is -2.29. The van der Waals surface area contributed by atoms with Crippen molar-refractivity contribution in [3.8, 4) is 0 Å². The Bertz CT molecular complexity index is 479. The molecule has 0 radical (unpaired) electrons. The van der Waals surface area contributed by atoms with Crippen LogP contribution in [0, 0.1) is 0 Å². The van der Waals surface area contributed by atoms with Crippen molar-refractivity contribution in [3.63, 3.8) is 0 Å². The fourth-order valence-corrected chi connectivity index (χ4v) is 2.42. The lowest BCUT2D eigenvalue weighted by atomic mass is 9.97. The van der Waals surface area contributed by atoms with Gasteiger partial charge in [-0.25, -0.2) is 0 Å². The summed E-state index contributed by atoms with van der Waals surface area (Å²) < 4.78 is 0. The van der Waals surface area contributed by atoms with Crippen molar-refractivity contribution >= 4 is 17.4 Å². The first kappa shape index (κ1) is 12.8. The molecule has 3 heteroatoms. The van der Waals surface area contributed by atoms with Crippen LogP contribution in [0.15, 0.2) is 18.2 Å². The van der Waals surface area contributed by atoms with Crippen LogP contribution in [0.25, 0.3) is 0 Å². The Morgan fingerprint density at radius 1 is 1.22 bits per heavy atom.